The number of primary amides is 1. The van der Waals surface area contributed by atoms with Gasteiger partial charge in [0.15, 0.2) is 11.4 Å². The zero-order valence-electron chi connectivity index (χ0n) is 22.0. The van der Waals surface area contributed by atoms with Crippen LogP contribution in [0.4, 0.5) is 0 Å². The maximum absolute atomic E-state index is 13.8. The van der Waals surface area contributed by atoms with Crippen LogP contribution in [0.3, 0.4) is 0 Å². The summed E-state index contributed by atoms with van der Waals surface area (Å²) in [7, 11) is 3.15. The lowest BCUT2D eigenvalue weighted by atomic mass is 9.57. The standard InChI is InChI=1S/C28H36N2O7/c1-27(2,3)10-6-7-13-8-9-14-11-15-12-16-20(30(4)5)23(33)19(26(29)36)25(35)28(16,37)24(34)18(15)22(32)17(14)21(13)31/h8-9,15-16,20,31-32,35,37H,6-7,10-12H2,1-5H3,(H2,29,36)/t15-,16-,20+,28+/m1/s1. The van der Waals surface area contributed by atoms with E-state index >= 15 is 0 Å². The Hall–Kier alpha value is -3.17. The van der Waals surface area contributed by atoms with Crippen LogP contribution in [0.25, 0.3) is 5.76 Å². The number of benzene rings is 1. The summed E-state index contributed by atoms with van der Waals surface area (Å²) in [6.45, 7) is 6.40. The molecule has 4 atom stereocenters. The van der Waals surface area contributed by atoms with Crippen molar-refractivity contribution in [2.24, 2.45) is 23.0 Å². The zero-order valence-corrected chi connectivity index (χ0v) is 22.0. The maximum Gasteiger partial charge on any atom is 0.255 e. The summed E-state index contributed by atoms with van der Waals surface area (Å²) in [5.74, 6) is -6.28. The molecule has 3 aliphatic rings. The fourth-order valence-corrected chi connectivity index (χ4v) is 6.27. The van der Waals surface area contributed by atoms with E-state index in [9.17, 15) is 34.8 Å². The summed E-state index contributed by atoms with van der Waals surface area (Å²) in [5.41, 5.74) is 3.36. The molecule has 0 spiro atoms. The Morgan fingerprint density at radius 2 is 1.81 bits per heavy atom. The second kappa shape index (κ2) is 8.99. The van der Waals surface area contributed by atoms with Gasteiger partial charge in [0.25, 0.3) is 5.91 Å². The molecule has 3 aliphatic carbocycles. The number of phenolic OH excluding ortho intramolecular Hbond substituents is 1. The molecule has 0 unspecified atom stereocenters. The number of phenols is 1. The highest BCUT2D eigenvalue weighted by Gasteiger charge is 2.64. The molecule has 0 heterocycles. The van der Waals surface area contributed by atoms with Gasteiger partial charge >= 0.3 is 0 Å². The van der Waals surface area contributed by atoms with Crippen LogP contribution in [0.1, 0.15) is 56.7 Å². The van der Waals surface area contributed by atoms with Crippen molar-refractivity contribution < 1.29 is 34.8 Å². The molecule has 6 N–H and O–H groups in total. The average molecular weight is 513 g/mol. The van der Waals surface area contributed by atoms with Crippen LogP contribution in [0.5, 0.6) is 5.75 Å². The molecule has 1 amide bonds. The number of carbonyl (C=O) groups excluding carboxylic acids is 3. The highest BCUT2D eigenvalue weighted by atomic mass is 16.3. The van der Waals surface area contributed by atoms with Gasteiger partial charge in [-0.1, -0.05) is 32.9 Å². The van der Waals surface area contributed by atoms with E-state index in [-0.39, 0.29) is 28.7 Å². The van der Waals surface area contributed by atoms with Crippen molar-refractivity contribution in [2.45, 2.75) is 64.5 Å². The van der Waals surface area contributed by atoms with Crippen LogP contribution in [0.15, 0.2) is 29.0 Å². The molecule has 37 heavy (non-hydrogen) atoms. The Morgan fingerprint density at radius 1 is 1.16 bits per heavy atom. The third kappa shape index (κ3) is 4.14. The Bertz CT molecular complexity index is 1250. The fraction of sp³-hybridized carbons (Fsp3) is 0.536. The molecule has 1 aromatic carbocycles. The number of Topliss-reactive ketones (excluding diaryl/α,β-unsaturated/α-hetero) is 2. The minimum Gasteiger partial charge on any atom is -0.508 e. The number of rotatable bonds is 5. The first-order chi connectivity index (χ1) is 17.1. The van der Waals surface area contributed by atoms with E-state index in [0.29, 0.717) is 24.0 Å². The largest absolute Gasteiger partial charge is 0.508 e. The van der Waals surface area contributed by atoms with Gasteiger partial charge < -0.3 is 26.2 Å². The highest BCUT2D eigenvalue weighted by molar-refractivity contribution is 6.24. The molecule has 9 nitrogen and oxygen atoms in total. The maximum atomic E-state index is 13.8. The van der Waals surface area contributed by atoms with E-state index < -0.39 is 58.0 Å². The number of hydrogen-bond donors (Lipinski definition) is 5. The lowest BCUT2D eigenvalue weighted by Gasteiger charge is -2.50. The number of nitrogens with zero attached hydrogens (tertiary/aromatic N) is 1. The second-order valence-corrected chi connectivity index (χ2v) is 12.0. The number of ketones is 2. The molecule has 0 bridgehead atoms. The van der Waals surface area contributed by atoms with Crippen molar-refractivity contribution in [3.8, 4) is 5.75 Å². The second-order valence-electron chi connectivity index (χ2n) is 12.0. The van der Waals surface area contributed by atoms with E-state index in [0.717, 1.165) is 12.8 Å². The topological polar surface area (TPSA) is 161 Å². The van der Waals surface area contributed by atoms with Crippen molar-refractivity contribution >= 4 is 23.2 Å². The first kappa shape index (κ1) is 26.9. The van der Waals surface area contributed by atoms with Gasteiger partial charge in [0, 0.05) is 11.5 Å². The Kier molecular flexibility index (Phi) is 6.53. The zero-order chi connectivity index (χ0) is 27.6. The van der Waals surface area contributed by atoms with Crippen molar-refractivity contribution in [1.82, 2.24) is 4.90 Å². The van der Waals surface area contributed by atoms with E-state index in [4.69, 9.17) is 5.73 Å². The minimum atomic E-state index is -2.62. The average Bonchev–Trinajstić information content (AvgIpc) is 2.76. The molecule has 1 saturated carbocycles. The molecule has 200 valence electrons. The third-order valence-electron chi connectivity index (χ3n) is 8.05. The summed E-state index contributed by atoms with van der Waals surface area (Å²) in [4.78, 5) is 40.5. The van der Waals surface area contributed by atoms with Crippen LogP contribution in [0.2, 0.25) is 0 Å². The molecule has 0 saturated heterocycles. The highest BCUT2D eigenvalue weighted by Crippen LogP contribution is 2.52. The lowest BCUT2D eigenvalue weighted by molar-refractivity contribution is -0.153. The normalized spacial score (nSPS) is 27.8. The summed E-state index contributed by atoms with van der Waals surface area (Å²) in [6, 6.07) is 2.57. The van der Waals surface area contributed by atoms with Crippen LogP contribution in [-0.4, -0.2) is 68.5 Å². The van der Waals surface area contributed by atoms with Gasteiger partial charge in [0.2, 0.25) is 5.78 Å². The van der Waals surface area contributed by atoms with Gasteiger partial charge in [-0.2, -0.15) is 0 Å². The van der Waals surface area contributed by atoms with Gasteiger partial charge in [-0.25, -0.2) is 0 Å². The smallest absolute Gasteiger partial charge is 0.255 e. The van der Waals surface area contributed by atoms with Crippen molar-refractivity contribution in [3.05, 3.63) is 45.7 Å². The summed E-state index contributed by atoms with van der Waals surface area (Å²) in [6.07, 6.45) is 2.72. The van der Waals surface area contributed by atoms with Gasteiger partial charge in [-0.05, 0) is 68.7 Å². The number of amides is 1. The van der Waals surface area contributed by atoms with Crippen LogP contribution in [-0.2, 0) is 27.2 Å². The first-order valence-electron chi connectivity index (χ1n) is 12.6. The van der Waals surface area contributed by atoms with E-state index in [1.807, 2.05) is 12.1 Å². The number of aromatic hydroxyl groups is 1. The molecular weight excluding hydrogens is 476 g/mol. The quantitative estimate of drug-likeness (QED) is 0.376. The number of aliphatic hydroxyl groups is 3. The number of fused-ring (bicyclic) bond motifs is 3. The van der Waals surface area contributed by atoms with Gasteiger partial charge in [0.05, 0.1) is 11.6 Å². The molecule has 0 aromatic heterocycles. The van der Waals surface area contributed by atoms with Crippen LogP contribution < -0.4 is 5.73 Å². The van der Waals surface area contributed by atoms with Crippen molar-refractivity contribution in [3.63, 3.8) is 0 Å². The van der Waals surface area contributed by atoms with Gasteiger partial charge in [-0.15, -0.1) is 0 Å². The predicted octanol–water partition coefficient (Wildman–Crippen LogP) is 2.33. The molecule has 1 aromatic rings. The van der Waals surface area contributed by atoms with Crippen LogP contribution in [0, 0.1) is 17.3 Å². The predicted molar refractivity (Wildman–Crippen MR) is 137 cm³/mol. The first-order valence-corrected chi connectivity index (χ1v) is 12.6. The number of carbonyl (C=O) groups is 3. The Morgan fingerprint density at radius 3 is 2.38 bits per heavy atom. The van der Waals surface area contributed by atoms with Crippen molar-refractivity contribution in [2.75, 3.05) is 14.1 Å². The number of hydrogen-bond acceptors (Lipinski definition) is 8. The Labute approximate surface area is 216 Å². The summed E-state index contributed by atoms with van der Waals surface area (Å²) >= 11 is 0. The van der Waals surface area contributed by atoms with E-state index in [1.165, 1.54) is 4.90 Å². The summed E-state index contributed by atoms with van der Waals surface area (Å²) < 4.78 is 0. The molecule has 4 rings (SSSR count). The lowest BCUT2D eigenvalue weighted by Crippen LogP contribution is -2.65. The van der Waals surface area contributed by atoms with Gasteiger partial charge in [-0.3, -0.25) is 19.3 Å². The number of aryl methyl sites for hydroxylation is 1. The summed E-state index contributed by atoms with van der Waals surface area (Å²) in [5, 5.41) is 44.9. The van der Waals surface area contributed by atoms with E-state index in [2.05, 4.69) is 20.8 Å². The number of aliphatic hydroxyl groups excluding tert-OH is 2. The van der Waals surface area contributed by atoms with Crippen molar-refractivity contribution in [1.29, 1.82) is 0 Å². The molecule has 0 aliphatic heterocycles. The fourth-order valence-electron chi connectivity index (χ4n) is 6.27. The molecule has 0 radical (unpaired) electrons. The molecular formula is C28H36N2O7. The molecule has 9 heteroatoms. The van der Waals surface area contributed by atoms with Gasteiger partial charge in [0.1, 0.15) is 22.8 Å². The SMILES string of the molecule is CN(C)[C@@H]1C(=O)C(C(N)=O)=C(O)[C@@]2(O)C(=O)C3=C(O)c4c(ccc(CCCC(C)(C)C)c4O)C[C@@H]3C[C@H]12. The third-order valence-corrected chi connectivity index (χ3v) is 8.05. The minimum absolute atomic E-state index is 0.0832. The monoisotopic (exact) mass is 512 g/mol. The van der Waals surface area contributed by atoms with Crippen LogP contribution >= 0.6 is 0 Å². The molecule has 1 fully saturated rings. The number of nitrogens with two attached hydrogens (primary N) is 1. The number of likely N-dealkylation sites (N-methyl/N-ethyl adjacent to an activating group) is 1. The van der Waals surface area contributed by atoms with E-state index in [1.54, 1.807) is 14.1 Å². The Balaban J connectivity index is 1.83.